The average Bonchev–Trinajstić information content (AvgIpc) is 2.32. The highest BCUT2D eigenvalue weighted by atomic mass is 19.1. The summed E-state index contributed by atoms with van der Waals surface area (Å²) in [6.07, 6.45) is 2.42. The Kier molecular flexibility index (Phi) is 5.52. The third-order valence-corrected chi connectivity index (χ3v) is 2.67. The molecule has 2 N–H and O–H groups in total. The lowest BCUT2D eigenvalue weighted by Crippen LogP contribution is -2.28. The van der Waals surface area contributed by atoms with Crippen molar-refractivity contribution in [1.82, 2.24) is 5.32 Å². The first kappa shape index (κ1) is 14.4. The zero-order valence-corrected chi connectivity index (χ0v) is 10.6. The Balaban J connectivity index is 2.38. The molecule has 1 rings (SSSR count). The summed E-state index contributed by atoms with van der Waals surface area (Å²) in [6.45, 7) is 4.09. The quantitative estimate of drug-likeness (QED) is 0.763. The monoisotopic (exact) mass is 251 g/mol. The number of hydrogen-bond donors (Lipinski definition) is 2. The maximum atomic E-state index is 12.7. The van der Waals surface area contributed by atoms with Gasteiger partial charge in [0.25, 0.3) is 0 Å². The molecule has 0 aliphatic rings. The lowest BCUT2D eigenvalue weighted by Gasteiger charge is -2.12. The molecule has 0 heterocycles. The third kappa shape index (κ3) is 5.10. The molecule has 1 unspecified atom stereocenters. The summed E-state index contributed by atoms with van der Waals surface area (Å²) in [5, 5.41) is 11.9. The molecule has 0 spiro atoms. The van der Waals surface area contributed by atoms with Crippen LogP contribution in [0, 0.1) is 5.82 Å². The van der Waals surface area contributed by atoms with Crippen LogP contribution in [0.5, 0.6) is 0 Å². The molecule has 0 aromatic heterocycles. The maximum Gasteiger partial charge on any atom is 0.330 e. The minimum absolute atomic E-state index is 0.202. The van der Waals surface area contributed by atoms with Crippen LogP contribution in [0.1, 0.15) is 19.4 Å². The fraction of sp³-hybridized carbons (Fsp3) is 0.357. The Morgan fingerprint density at radius 2 is 2.06 bits per heavy atom. The number of carboxylic acid groups (broad SMARTS) is 1. The average molecular weight is 251 g/mol. The van der Waals surface area contributed by atoms with Gasteiger partial charge in [-0.1, -0.05) is 18.2 Å². The van der Waals surface area contributed by atoms with Crippen LogP contribution in [0.15, 0.2) is 35.9 Å². The third-order valence-electron chi connectivity index (χ3n) is 2.67. The van der Waals surface area contributed by atoms with Crippen LogP contribution in [0.4, 0.5) is 4.39 Å². The highest BCUT2D eigenvalue weighted by Gasteiger charge is 2.03. The fourth-order valence-corrected chi connectivity index (χ4v) is 1.55. The first-order valence-corrected chi connectivity index (χ1v) is 5.87. The molecule has 1 atom stereocenters. The zero-order valence-electron chi connectivity index (χ0n) is 10.6. The van der Waals surface area contributed by atoms with Crippen LogP contribution >= 0.6 is 0 Å². The van der Waals surface area contributed by atoms with Crippen molar-refractivity contribution in [1.29, 1.82) is 0 Å². The van der Waals surface area contributed by atoms with Gasteiger partial charge in [-0.2, -0.15) is 0 Å². The minimum atomic E-state index is -0.900. The Bertz CT molecular complexity index is 426. The molecule has 1 aromatic rings. The topological polar surface area (TPSA) is 49.3 Å². The molecule has 0 aliphatic carbocycles. The number of carbonyl (C=O) groups is 1. The van der Waals surface area contributed by atoms with Gasteiger partial charge in [-0.15, -0.1) is 0 Å². The summed E-state index contributed by atoms with van der Waals surface area (Å²) < 4.78 is 12.7. The van der Waals surface area contributed by atoms with E-state index in [4.69, 9.17) is 5.11 Å². The van der Waals surface area contributed by atoms with Gasteiger partial charge in [0.1, 0.15) is 5.82 Å². The van der Waals surface area contributed by atoms with E-state index in [9.17, 15) is 9.18 Å². The first-order chi connectivity index (χ1) is 8.49. The van der Waals surface area contributed by atoms with Crippen molar-refractivity contribution in [2.24, 2.45) is 0 Å². The van der Waals surface area contributed by atoms with E-state index in [1.165, 1.54) is 12.1 Å². The van der Waals surface area contributed by atoms with E-state index < -0.39 is 5.97 Å². The highest BCUT2D eigenvalue weighted by Crippen LogP contribution is 2.05. The van der Waals surface area contributed by atoms with E-state index in [0.717, 1.165) is 12.0 Å². The minimum Gasteiger partial charge on any atom is -0.478 e. The van der Waals surface area contributed by atoms with Gasteiger partial charge in [0, 0.05) is 18.2 Å². The number of carboxylic acids is 1. The van der Waals surface area contributed by atoms with Crippen LogP contribution in [0.3, 0.4) is 0 Å². The second-order valence-corrected chi connectivity index (χ2v) is 4.33. The van der Waals surface area contributed by atoms with Gasteiger partial charge in [0.05, 0.1) is 0 Å². The van der Waals surface area contributed by atoms with Gasteiger partial charge >= 0.3 is 5.97 Å². The molecule has 0 saturated heterocycles. The molecule has 0 radical (unpaired) electrons. The largest absolute Gasteiger partial charge is 0.478 e. The molecule has 1 aromatic carbocycles. The fourth-order valence-electron chi connectivity index (χ4n) is 1.55. The van der Waals surface area contributed by atoms with Gasteiger partial charge in [-0.05, 0) is 38.0 Å². The standard InChI is InChI=1S/C14H18FNO2/c1-10(14(17)18)7-8-16-11(2)9-12-3-5-13(15)6-4-12/h3-7,11,16H,8-9H2,1-2H3,(H,17,18)/b10-7-. The van der Waals surface area contributed by atoms with Crippen LogP contribution in [-0.2, 0) is 11.2 Å². The molecule has 0 aliphatic heterocycles. The number of rotatable bonds is 6. The molecule has 98 valence electrons. The summed E-state index contributed by atoms with van der Waals surface area (Å²) in [6, 6.07) is 6.60. The van der Waals surface area contributed by atoms with E-state index in [0.29, 0.717) is 12.1 Å². The van der Waals surface area contributed by atoms with Crippen molar-refractivity contribution >= 4 is 5.97 Å². The first-order valence-electron chi connectivity index (χ1n) is 5.87. The molecule has 3 nitrogen and oxygen atoms in total. The van der Waals surface area contributed by atoms with Crippen molar-refractivity contribution in [2.75, 3.05) is 6.54 Å². The van der Waals surface area contributed by atoms with Crippen molar-refractivity contribution in [3.63, 3.8) is 0 Å². The van der Waals surface area contributed by atoms with Crippen LogP contribution in [0.2, 0.25) is 0 Å². The van der Waals surface area contributed by atoms with Gasteiger partial charge < -0.3 is 10.4 Å². The van der Waals surface area contributed by atoms with E-state index in [1.807, 2.05) is 6.92 Å². The van der Waals surface area contributed by atoms with Crippen molar-refractivity contribution in [2.45, 2.75) is 26.3 Å². The summed E-state index contributed by atoms with van der Waals surface area (Å²) in [5.74, 6) is -1.14. The molecule has 0 bridgehead atoms. The molecular weight excluding hydrogens is 233 g/mol. The summed E-state index contributed by atoms with van der Waals surface area (Å²) in [5.41, 5.74) is 1.38. The van der Waals surface area contributed by atoms with Gasteiger partial charge in [-0.3, -0.25) is 0 Å². The lowest BCUT2D eigenvalue weighted by molar-refractivity contribution is -0.132. The van der Waals surface area contributed by atoms with Gasteiger partial charge in [-0.25, -0.2) is 9.18 Å². The molecular formula is C14H18FNO2. The molecule has 0 fully saturated rings. The number of hydrogen-bond acceptors (Lipinski definition) is 2. The zero-order chi connectivity index (χ0) is 13.5. The smallest absolute Gasteiger partial charge is 0.330 e. The Morgan fingerprint density at radius 1 is 1.44 bits per heavy atom. The summed E-state index contributed by atoms with van der Waals surface area (Å²) in [4.78, 5) is 10.6. The van der Waals surface area contributed by atoms with Crippen molar-refractivity contribution in [3.05, 3.63) is 47.3 Å². The highest BCUT2D eigenvalue weighted by molar-refractivity contribution is 5.85. The van der Waals surface area contributed by atoms with Crippen molar-refractivity contribution in [3.8, 4) is 0 Å². The number of benzene rings is 1. The SMILES string of the molecule is C/C(=C/CNC(C)Cc1ccc(F)cc1)C(=O)O. The second kappa shape index (κ2) is 6.91. The number of aliphatic carboxylic acids is 1. The van der Waals surface area contributed by atoms with Crippen LogP contribution in [-0.4, -0.2) is 23.7 Å². The van der Waals surface area contributed by atoms with Crippen LogP contribution < -0.4 is 5.32 Å². The Morgan fingerprint density at radius 3 is 2.61 bits per heavy atom. The molecule has 0 amide bonds. The van der Waals surface area contributed by atoms with Crippen molar-refractivity contribution < 1.29 is 14.3 Å². The van der Waals surface area contributed by atoms with Crippen LogP contribution in [0.25, 0.3) is 0 Å². The van der Waals surface area contributed by atoms with Gasteiger partial charge in [0.2, 0.25) is 0 Å². The lowest BCUT2D eigenvalue weighted by atomic mass is 10.1. The normalized spacial score (nSPS) is 13.4. The maximum absolute atomic E-state index is 12.7. The van der Waals surface area contributed by atoms with E-state index in [1.54, 1.807) is 25.1 Å². The number of halogens is 1. The molecule has 0 saturated carbocycles. The number of nitrogens with one attached hydrogen (secondary N) is 1. The molecule has 4 heteroatoms. The molecule has 18 heavy (non-hydrogen) atoms. The van der Waals surface area contributed by atoms with E-state index in [2.05, 4.69) is 5.32 Å². The van der Waals surface area contributed by atoms with E-state index >= 15 is 0 Å². The summed E-state index contributed by atoms with van der Waals surface area (Å²) >= 11 is 0. The second-order valence-electron chi connectivity index (χ2n) is 4.33. The predicted octanol–water partition coefficient (Wildman–Crippen LogP) is 2.38. The summed E-state index contributed by atoms with van der Waals surface area (Å²) in [7, 11) is 0. The Labute approximate surface area is 106 Å². The predicted molar refractivity (Wildman–Crippen MR) is 69.0 cm³/mol. The Hall–Kier alpha value is -1.68. The van der Waals surface area contributed by atoms with Gasteiger partial charge in [0.15, 0.2) is 0 Å². The van der Waals surface area contributed by atoms with E-state index in [-0.39, 0.29) is 11.9 Å².